The molecule has 2 bridgehead atoms. The van der Waals surface area contributed by atoms with E-state index in [1.807, 2.05) is 0 Å². The van der Waals surface area contributed by atoms with E-state index in [1.165, 1.54) is 31.2 Å². The third-order valence-electron chi connectivity index (χ3n) is 4.95. The van der Waals surface area contributed by atoms with Crippen molar-refractivity contribution in [3.8, 4) is 0 Å². The molecule has 100 valence electrons. The molecule has 3 unspecified atom stereocenters. The van der Waals surface area contributed by atoms with Crippen LogP contribution in [0.25, 0.3) is 0 Å². The first-order chi connectivity index (χ1) is 8.78. The highest BCUT2D eigenvalue weighted by molar-refractivity contribution is 7.07. The predicted molar refractivity (Wildman–Crippen MR) is 76.4 cm³/mol. The van der Waals surface area contributed by atoms with Crippen LogP contribution in [0.4, 0.5) is 0 Å². The highest BCUT2D eigenvalue weighted by Crippen LogP contribution is 2.39. The number of hydrogen-bond acceptors (Lipinski definition) is 4. The molecule has 0 amide bonds. The first kappa shape index (κ1) is 12.6. The molecule has 18 heavy (non-hydrogen) atoms. The summed E-state index contributed by atoms with van der Waals surface area (Å²) in [6, 6.07) is 4.26. The summed E-state index contributed by atoms with van der Waals surface area (Å²) < 4.78 is 0. The third kappa shape index (κ3) is 2.35. The van der Waals surface area contributed by atoms with Crippen molar-refractivity contribution in [2.75, 3.05) is 7.05 Å². The van der Waals surface area contributed by atoms with Crippen LogP contribution in [0.2, 0.25) is 0 Å². The van der Waals surface area contributed by atoms with E-state index in [9.17, 15) is 0 Å². The Morgan fingerprint density at radius 2 is 2.17 bits per heavy atom. The van der Waals surface area contributed by atoms with Gasteiger partial charge >= 0.3 is 0 Å². The smallest absolute Gasteiger partial charge is 0.0280 e. The average molecular weight is 265 g/mol. The maximum Gasteiger partial charge on any atom is 0.0280 e. The summed E-state index contributed by atoms with van der Waals surface area (Å²) in [5.74, 6) is 6.55. The van der Waals surface area contributed by atoms with Crippen LogP contribution in [-0.4, -0.2) is 30.1 Å². The van der Waals surface area contributed by atoms with E-state index in [0.717, 1.165) is 24.4 Å². The molecule has 2 saturated heterocycles. The molecule has 2 fully saturated rings. The molecular weight excluding hydrogens is 242 g/mol. The van der Waals surface area contributed by atoms with Crippen molar-refractivity contribution in [2.24, 2.45) is 11.8 Å². The van der Waals surface area contributed by atoms with E-state index in [1.54, 1.807) is 11.3 Å². The third-order valence-corrected chi connectivity index (χ3v) is 5.69. The van der Waals surface area contributed by atoms with Gasteiger partial charge in [-0.1, -0.05) is 0 Å². The summed E-state index contributed by atoms with van der Waals surface area (Å²) in [4.78, 5) is 2.59. The molecule has 3 rings (SSSR count). The van der Waals surface area contributed by atoms with Gasteiger partial charge in [0.25, 0.3) is 0 Å². The number of rotatable bonds is 4. The summed E-state index contributed by atoms with van der Waals surface area (Å²) in [5, 5.41) is 4.40. The van der Waals surface area contributed by atoms with E-state index in [0.29, 0.717) is 6.04 Å². The zero-order valence-corrected chi connectivity index (χ0v) is 11.8. The molecule has 3 nitrogen and oxygen atoms in total. The summed E-state index contributed by atoms with van der Waals surface area (Å²) in [7, 11) is 2.29. The Kier molecular flexibility index (Phi) is 3.71. The van der Waals surface area contributed by atoms with Gasteiger partial charge in [-0.05, 0) is 67.5 Å². The molecule has 0 saturated carbocycles. The normalized spacial score (nSPS) is 33.8. The molecule has 0 spiro atoms. The number of hydrogen-bond donors (Lipinski definition) is 2. The fourth-order valence-electron chi connectivity index (χ4n) is 3.81. The first-order valence-corrected chi connectivity index (χ1v) is 7.91. The second-order valence-electron chi connectivity index (χ2n) is 5.89. The standard InChI is InChI=1S/C14H23N3S/c1-17-12-2-3-13(17)8-11(7-12)14(16-15)6-10-4-5-18-9-10/h4-5,9,11-14,16H,2-3,6-8,15H2,1H3. The van der Waals surface area contributed by atoms with Crippen LogP contribution in [-0.2, 0) is 6.42 Å². The summed E-state index contributed by atoms with van der Waals surface area (Å²) >= 11 is 1.78. The van der Waals surface area contributed by atoms with Gasteiger partial charge < -0.3 is 4.90 Å². The van der Waals surface area contributed by atoms with Gasteiger partial charge in [-0.15, -0.1) is 0 Å². The lowest BCUT2D eigenvalue weighted by atomic mass is 9.83. The van der Waals surface area contributed by atoms with Crippen molar-refractivity contribution in [3.63, 3.8) is 0 Å². The van der Waals surface area contributed by atoms with Crippen LogP contribution in [0.15, 0.2) is 16.8 Å². The number of nitrogens with two attached hydrogens (primary N) is 1. The molecule has 3 heterocycles. The van der Waals surface area contributed by atoms with Gasteiger partial charge in [-0.3, -0.25) is 11.3 Å². The lowest BCUT2D eigenvalue weighted by Gasteiger charge is -2.39. The first-order valence-electron chi connectivity index (χ1n) is 6.97. The zero-order chi connectivity index (χ0) is 12.5. The van der Waals surface area contributed by atoms with Gasteiger partial charge in [0.1, 0.15) is 0 Å². The molecule has 1 aromatic heterocycles. The topological polar surface area (TPSA) is 41.3 Å². The van der Waals surface area contributed by atoms with Crippen molar-refractivity contribution < 1.29 is 0 Å². The van der Waals surface area contributed by atoms with Crippen molar-refractivity contribution in [2.45, 2.75) is 50.2 Å². The monoisotopic (exact) mass is 265 g/mol. The maximum absolute atomic E-state index is 5.81. The fraction of sp³-hybridized carbons (Fsp3) is 0.714. The number of hydrazine groups is 1. The average Bonchev–Trinajstić information content (AvgIpc) is 2.93. The molecule has 2 aliphatic heterocycles. The number of nitrogens with one attached hydrogen (secondary N) is 1. The highest BCUT2D eigenvalue weighted by Gasteiger charge is 2.40. The minimum Gasteiger partial charge on any atom is -0.300 e. The van der Waals surface area contributed by atoms with Crippen molar-refractivity contribution >= 4 is 11.3 Å². The van der Waals surface area contributed by atoms with Gasteiger partial charge in [-0.25, -0.2) is 0 Å². The van der Waals surface area contributed by atoms with E-state index in [-0.39, 0.29) is 0 Å². The molecular formula is C14H23N3S. The molecule has 0 aliphatic carbocycles. The van der Waals surface area contributed by atoms with Crippen molar-refractivity contribution in [3.05, 3.63) is 22.4 Å². The highest BCUT2D eigenvalue weighted by atomic mass is 32.1. The molecule has 4 heteroatoms. The quantitative estimate of drug-likeness (QED) is 0.646. The summed E-state index contributed by atoms with van der Waals surface area (Å²) in [6.07, 6.45) is 6.46. The Balaban J connectivity index is 1.66. The largest absolute Gasteiger partial charge is 0.300 e. The van der Waals surface area contributed by atoms with E-state index < -0.39 is 0 Å². The van der Waals surface area contributed by atoms with Gasteiger partial charge in [-0.2, -0.15) is 11.3 Å². The van der Waals surface area contributed by atoms with E-state index in [4.69, 9.17) is 5.84 Å². The molecule has 3 N–H and O–H groups in total. The number of thiophene rings is 1. The molecule has 2 aliphatic rings. The van der Waals surface area contributed by atoms with Crippen LogP contribution in [0.5, 0.6) is 0 Å². The van der Waals surface area contributed by atoms with Crippen LogP contribution in [0.3, 0.4) is 0 Å². The van der Waals surface area contributed by atoms with Gasteiger partial charge in [0, 0.05) is 18.1 Å². The van der Waals surface area contributed by atoms with E-state index in [2.05, 4.69) is 34.2 Å². The second kappa shape index (κ2) is 5.29. The van der Waals surface area contributed by atoms with Crippen LogP contribution < -0.4 is 11.3 Å². The minimum atomic E-state index is 0.441. The molecule has 3 atom stereocenters. The van der Waals surface area contributed by atoms with Crippen LogP contribution >= 0.6 is 11.3 Å². The number of fused-ring (bicyclic) bond motifs is 2. The second-order valence-corrected chi connectivity index (χ2v) is 6.67. The molecule has 0 aromatic carbocycles. The lowest BCUT2D eigenvalue weighted by Crippen LogP contribution is -2.49. The van der Waals surface area contributed by atoms with Gasteiger partial charge in [0.2, 0.25) is 0 Å². The van der Waals surface area contributed by atoms with Gasteiger partial charge in [0.15, 0.2) is 0 Å². The van der Waals surface area contributed by atoms with Crippen molar-refractivity contribution in [1.29, 1.82) is 0 Å². The summed E-state index contributed by atoms with van der Waals surface area (Å²) in [6.45, 7) is 0. The Hall–Kier alpha value is -0.420. The zero-order valence-electron chi connectivity index (χ0n) is 11.0. The Morgan fingerprint density at radius 1 is 1.44 bits per heavy atom. The van der Waals surface area contributed by atoms with Crippen LogP contribution in [0.1, 0.15) is 31.2 Å². The fourth-order valence-corrected chi connectivity index (χ4v) is 4.49. The summed E-state index contributed by atoms with van der Waals surface area (Å²) in [5.41, 5.74) is 4.51. The van der Waals surface area contributed by atoms with Crippen LogP contribution in [0, 0.1) is 5.92 Å². The lowest BCUT2D eigenvalue weighted by molar-refractivity contribution is 0.112. The number of piperidine rings is 1. The molecule has 0 radical (unpaired) electrons. The predicted octanol–water partition coefficient (Wildman–Crippen LogP) is 2.00. The maximum atomic E-state index is 5.81. The van der Waals surface area contributed by atoms with Crippen molar-refractivity contribution in [1.82, 2.24) is 10.3 Å². The van der Waals surface area contributed by atoms with E-state index >= 15 is 0 Å². The Labute approximate surface area is 113 Å². The molecule has 1 aromatic rings. The SMILES string of the molecule is CN1C2CCC1CC(C(Cc1ccsc1)NN)C2. The minimum absolute atomic E-state index is 0.441. The van der Waals surface area contributed by atoms with Gasteiger partial charge in [0.05, 0.1) is 0 Å². The Bertz CT molecular complexity index is 364. The Morgan fingerprint density at radius 3 is 2.72 bits per heavy atom. The number of nitrogens with zero attached hydrogens (tertiary/aromatic N) is 1.